The zero-order chi connectivity index (χ0) is 14.8. The largest absolute Gasteiger partial charge is 0.506 e. The van der Waals surface area contributed by atoms with E-state index in [-0.39, 0.29) is 17.5 Å². The van der Waals surface area contributed by atoms with Gasteiger partial charge in [-0.05, 0) is 35.9 Å². The molecule has 0 radical (unpaired) electrons. The number of aliphatic imine (C=N–C) groups is 2. The lowest BCUT2D eigenvalue weighted by Gasteiger charge is -2.27. The Bertz CT molecular complexity index is 808. The predicted molar refractivity (Wildman–Crippen MR) is 76.6 cm³/mol. The number of hydrogen-bond donors (Lipinski definition) is 2. The molecule has 1 aromatic rings. The fourth-order valence-electron chi connectivity index (χ4n) is 2.37. The van der Waals surface area contributed by atoms with Crippen molar-refractivity contribution in [2.24, 2.45) is 9.98 Å². The number of hydrogen-bond acceptors (Lipinski definition) is 6. The summed E-state index contributed by atoms with van der Waals surface area (Å²) < 4.78 is 0. The second kappa shape index (κ2) is 5.06. The van der Waals surface area contributed by atoms with Gasteiger partial charge in [0, 0.05) is 11.3 Å². The quantitative estimate of drug-likeness (QED) is 0.494. The van der Waals surface area contributed by atoms with Crippen molar-refractivity contribution in [3.63, 3.8) is 0 Å². The number of fused-ring (bicyclic) bond motifs is 2. The van der Waals surface area contributed by atoms with E-state index in [1.165, 1.54) is 18.2 Å². The van der Waals surface area contributed by atoms with Crippen LogP contribution in [-0.4, -0.2) is 23.3 Å². The minimum absolute atomic E-state index is 0.0688. The Balaban J connectivity index is 2.17. The van der Waals surface area contributed by atoms with Crippen LogP contribution in [0.4, 0.5) is 11.4 Å². The number of phenols is 1. The number of anilines is 1. The van der Waals surface area contributed by atoms with Crippen LogP contribution in [-0.2, 0) is 9.59 Å². The minimum atomic E-state index is -0.101. The third-order valence-electron chi connectivity index (χ3n) is 3.28. The van der Waals surface area contributed by atoms with E-state index in [4.69, 9.17) is 0 Å². The molecule has 1 heterocycles. The van der Waals surface area contributed by atoms with Crippen LogP contribution >= 0.6 is 0 Å². The second-order valence-electron chi connectivity index (χ2n) is 4.50. The third kappa shape index (κ3) is 2.21. The molecule has 0 spiro atoms. The van der Waals surface area contributed by atoms with Crippen molar-refractivity contribution in [1.82, 2.24) is 0 Å². The average molecular weight is 279 g/mol. The number of aromatic hydroxyl groups is 1. The summed E-state index contributed by atoms with van der Waals surface area (Å²) in [6, 6.07) is 3.10. The molecule has 1 aliphatic carbocycles. The van der Waals surface area contributed by atoms with E-state index in [2.05, 4.69) is 15.3 Å². The van der Waals surface area contributed by atoms with Gasteiger partial charge in [-0.2, -0.15) is 9.98 Å². The topological polar surface area (TPSA) is 91.1 Å². The number of carbonyl (C=O) groups excluding carboxylic acids is 2. The van der Waals surface area contributed by atoms with Gasteiger partial charge in [-0.1, -0.05) is 6.08 Å². The van der Waals surface area contributed by atoms with Gasteiger partial charge in [-0.15, -0.1) is 0 Å². The van der Waals surface area contributed by atoms with Gasteiger partial charge < -0.3 is 10.4 Å². The SMILES string of the molecule is O=C=NC1=CC2=Cc3c(ccc(O)c3N=C=O)NC2C=C1. The maximum Gasteiger partial charge on any atom is 0.240 e. The summed E-state index contributed by atoms with van der Waals surface area (Å²) in [6.45, 7) is 0. The van der Waals surface area contributed by atoms with Crippen LogP contribution in [0.15, 0.2) is 51.6 Å². The van der Waals surface area contributed by atoms with E-state index in [1.54, 1.807) is 24.3 Å². The molecule has 0 fully saturated rings. The molecule has 1 unspecified atom stereocenters. The van der Waals surface area contributed by atoms with E-state index < -0.39 is 0 Å². The first-order valence-corrected chi connectivity index (χ1v) is 6.12. The molecular formula is C15H9N3O3. The van der Waals surface area contributed by atoms with Crippen LogP contribution in [0, 0.1) is 0 Å². The Morgan fingerprint density at radius 3 is 2.71 bits per heavy atom. The van der Waals surface area contributed by atoms with Crippen LogP contribution in [0.1, 0.15) is 5.56 Å². The van der Waals surface area contributed by atoms with E-state index in [0.717, 1.165) is 11.3 Å². The molecule has 0 saturated heterocycles. The predicted octanol–water partition coefficient (Wildman–Crippen LogP) is 2.33. The normalized spacial score (nSPS) is 18.0. The lowest BCUT2D eigenvalue weighted by molar-refractivity contribution is 0.476. The summed E-state index contributed by atoms with van der Waals surface area (Å²) >= 11 is 0. The van der Waals surface area contributed by atoms with Crippen LogP contribution in [0.25, 0.3) is 6.08 Å². The highest BCUT2D eigenvalue weighted by Crippen LogP contribution is 2.41. The Hall–Kier alpha value is -3.20. The maximum atomic E-state index is 10.5. The van der Waals surface area contributed by atoms with Gasteiger partial charge in [-0.3, -0.25) is 0 Å². The molecule has 2 aliphatic rings. The molecule has 0 bridgehead atoms. The molecule has 21 heavy (non-hydrogen) atoms. The van der Waals surface area contributed by atoms with Gasteiger partial charge in [0.25, 0.3) is 0 Å². The first kappa shape index (κ1) is 12.8. The smallest absolute Gasteiger partial charge is 0.240 e. The number of benzene rings is 1. The van der Waals surface area contributed by atoms with Crippen molar-refractivity contribution in [3.8, 4) is 5.75 Å². The summed E-state index contributed by atoms with van der Waals surface area (Å²) in [5.41, 5.74) is 2.82. The Kier molecular flexibility index (Phi) is 3.09. The number of isocyanates is 2. The van der Waals surface area contributed by atoms with Crippen molar-refractivity contribution in [3.05, 3.63) is 47.2 Å². The van der Waals surface area contributed by atoms with Gasteiger partial charge >= 0.3 is 0 Å². The van der Waals surface area contributed by atoms with Crippen LogP contribution < -0.4 is 5.32 Å². The highest BCUT2D eigenvalue weighted by Gasteiger charge is 2.23. The minimum Gasteiger partial charge on any atom is -0.506 e. The summed E-state index contributed by atoms with van der Waals surface area (Å²) in [6.07, 6.45) is 10.0. The van der Waals surface area contributed by atoms with Gasteiger partial charge in [0.2, 0.25) is 12.2 Å². The monoisotopic (exact) mass is 279 g/mol. The Labute approximate surface area is 119 Å². The lowest BCUT2D eigenvalue weighted by atomic mass is 9.92. The molecule has 0 aromatic heterocycles. The number of rotatable bonds is 2. The zero-order valence-electron chi connectivity index (χ0n) is 10.7. The zero-order valence-corrected chi connectivity index (χ0v) is 10.7. The molecule has 1 aliphatic heterocycles. The molecule has 3 rings (SSSR count). The number of nitrogens with one attached hydrogen (secondary N) is 1. The van der Waals surface area contributed by atoms with Crippen molar-refractivity contribution >= 4 is 29.6 Å². The summed E-state index contributed by atoms with van der Waals surface area (Å²) in [5.74, 6) is -0.101. The standard InChI is InChI=1S/C15H9N3O3/c19-7-16-10-1-2-12-9(5-10)6-11-13(18-12)3-4-14(21)15(11)17-8-20/h1-6,12,18,21H. The fraction of sp³-hybridized carbons (Fsp3) is 0.0667. The van der Waals surface area contributed by atoms with Gasteiger partial charge in [0.05, 0.1) is 11.7 Å². The van der Waals surface area contributed by atoms with Crippen molar-refractivity contribution in [2.45, 2.75) is 6.04 Å². The molecule has 0 amide bonds. The average Bonchev–Trinajstić information content (AvgIpc) is 2.49. The van der Waals surface area contributed by atoms with Crippen molar-refractivity contribution in [1.29, 1.82) is 0 Å². The highest BCUT2D eigenvalue weighted by molar-refractivity contribution is 5.86. The molecule has 0 saturated carbocycles. The van der Waals surface area contributed by atoms with Crippen LogP contribution in [0.3, 0.4) is 0 Å². The van der Waals surface area contributed by atoms with Crippen molar-refractivity contribution < 1.29 is 14.7 Å². The van der Waals surface area contributed by atoms with Gasteiger partial charge in [-0.25, -0.2) is 9.59 Å². The van der Waals surface area contributed by atoms with E-state index in [1.807, 2.05) is 6.08 Å². The van der Waals surface area contributed by atoms with E-state index >= 15 is 0 Å². The van der Waals surface area contributed by atoms with E-state index in [0.29, 0.717) is 11.3 Å². The van der Waals surface area contributed by atoms with Crippen LogP contribution in [0.2, 0.25) is 0 Å². The third-order valence-corrected chi connectivity index (χ3v) is 3.28. The maximum absolute atomic E-state index is 10.5. The fourth-order valence-corrected chi connectivity index (χ4v) is 2.37. The molecule has 2 N–H and O–H groups in total. The Morgan fingerprint density at radius 2 is 1.95 bits per heavy atom. The Morgan fingerprint density at radius 1 is 1.14 bits per heavy atom. The number of allylic oxidation sites excluding steroid dienone is 1. The first-order valence-electron chi connectivity index (χ1n) is 6.12. The molecule has 1 atom stereocenters. The summed E-state index contributed by atoms with van der Waals surface area (Å²) in [5, 5.41) is 13.0. The highest BCUT2D eigenvalue weighted by atomic mass is 16.3. The molecule has 6 nitrogen and oxygen atoms in total. The summed E-state index contributed by atoms with van der Waals surface area (Å²) in [7, 11) is 0. The second-order valence-corrected chi connectivity index (χ2v) is 4.50. The summed E-state index contributed by atoms with van der Waals surface area (Å²) in [4.78, 5) is 27.9. The van der Waals surface area contributed by atoms with Gasteiger partial charge in [0.1, 0.15) is 11.4 Å². The number of nitrogens with zero attached hydrogens (tertiary/aromatic N) is 2. The molecule has 6 heteroatoms. The lowest BCUT2D eigenvalue weighted by Crippen LogP contribution is -2.24. The molecule has 102 valence electrons. The number of phenolic OH excluding ortho intramolecular Hbond substituents is 1. The van der Waals surface area contributed by atoms with E-state index in [9.17, 15) is 14.7 Å². The first-order chi connectivity index (χ1) is 10.2. The van der Waals surface area contributed by atoms with Crippen molar-refractivity contribution in [2.75, 3.05) is 5.32 Å². The van der Waals surface area contributed by atoms with Crippen LogP contribution in [0.5, 0.6) is 5.75 Å². The van der Waals surface area contributed by atoms with Gasteiger partial charge in [0.15, 0.2) is 0 Å². The molecular weight excluding hydrogens is 270 g/mol. The molecule has 1 aromatic carbocycles.